The van der Waals surface area contributed by atoms with E-state index in [-0.39, 0.29) is 12.4 Å². The van der Waals surface area contributed by atoms with Crippen LogP contribution in [-0.4, -0.2) is 24.7 Å². The number of aromatic nitrogens is 1. The lowest BCUT2D eigenvalue weighted by atomic mass is 10.2. The number of ether oxygens (including phenoxy) is 1. The maximum atomic E-state index is 5.05. The van der Waals surface area contributed by atoms with E-state index >= 15 is 0 Å². The molecule has 5 heteroatoms. The van der Waals surface area contributed by atoms with Crippen molar-refractivity contribution in [3.05, 3.63) is 16.1 Å². The van der Waals surface area contributed by atoms with Gasteiger partial charge in [0, 0.05) is 37.6 Å². The fraction of sp³-hybridized carbons (Fsp3) is 0.750. The average Bonchev–Trinajstić information content (AvgIpc) is 2.72. The number of thiazole rings is 1. The van der Waals surface area contributed by atoms with Crippen LogP contribution in [0.1, 0.15) is 43.8 Å². The Morgan fingerprint density at radius 3 is 2.65 bits per heavy atom. The molecule has 1 heterocycles. The van der Waals surface area contributed by atoms with Gasteiger partial charge < -0.3 is 10.1 Å². The summed E-state index contributed by atoms with van der Waals surface area (Å²) in [4.78, 5) is 4.59. The fourth-order valence-electron chi connectivity index (χ4n) is 1.34. The van der Waals surface area contributed by atoms with Crippen LogP contribution in [0.4, 0.5) is 0 Å². The molecule has 0 saturated heterocycles. The van der Waals surface area contributed by atoms with Gasteiger partial charge in [-0.05, 0) is 13.3 Å². The van der Waals surface area contributed by atoms with Crippen LogP contribution in [-0.2, 0) is 11.3 Å². The number of nitrogens with zero attached hydrogens (tertiary/aromatic N) is 1. The van der Waals surface area contributed by atoms with Crippen molar-refractivity contribution in [2.24, 2.45) is 0 Å². The van der Waals surface area contributed by atoms with E-state index in [0.29, 0.717) is 12.0 Å². The van der Waals surface area contributed by atoms with Crippen molar-refractivity contribution < 1.29 is 4.74 Å². The van der Waals surface area contributed by atoms with Crippen LogP contribution in [0.15, 0.2) is 5.38 Å². The third-order valence-corrected chi connectivity index (χ3v) is 3.64. The van der Waals surface area contributed by atoms with Crippen molar-refractivity contribution in [3.8, 4) is 0 Å². The fourth-order valence-corrected chi connectivity index (χ4v) is 2.18. The van der Waals surface area contributed by atoms with Crippen LogP contribution in [0, 0.1) is 0 Å². The van der Waals surface area contributed by atoms with Crippen LogP contribution >= 0.6 is 23.7 Å². The predicted molar refractivity (Wildman–Crippen MR) is 76.2 cm³/mol. The van der Waals surface area contributed by atoms with Crippen molar-refractivity contribution in [2.45, 2.75) is 45.7 Å². The molecule has 1 unspecified atom stereocenters. The maximum absolute atomic E-state index is 5.05. The van der Waals surface area contributed by atoms with Gasteiger partial charge in [0.15, 0.2) is 0 Å². The van der Waals surface area contributed by atoms with Crippen molar-refractivity contribution in [1.82, 2.24) is 10.3 Å². The molecule has 100 valence electrons. The Hall–Kier alpha value is -0.160. The molecule has 0 aliphatic rings. The number of halogens is 1. The van der Waals surface area contributed by atoms with Gasteiger partial charge in [-0.25, -0.2) is 4.98 Å². The zero-order chi connectivity index (χ0) is 12.0. The van der Waals surface area contributed by atoms with E-state index in [1.807, 2.05) is 0 Å². The molecule has 1 atom stereocenters. The van der Waals surface area contributed by atoms with Crippen LogP contribution in [0.5, 0.6) is 0 Å². The van der Waals surface area contributed by atoms with Gasteiger partial charge in [0.2, 0.25) is 0 Å². The Morgan fingerprint density at radius 2 is 2.12 bits per heavy atom. The molecular formula is C12H23ClN2OS. The molecule has 0 radical (unpaired) electrons. The number of methoxy groups -OCH3 is 1. The van der Waals surface area contributed by atoms with Crippen LogP contribution in [0.2, 0.25) is 0 Å². The van der Waals surface area contributed by atoms with E-state index in [1.165, 1.54) is 5.01 Å². The SMILES string of the molecule is COCCC(C)NCc1csc(C(C)C)n1.Cl. The highest BCUT2D eigenvalue weighted by atomic mass is 35.5. The van der Waals surface area contributed by atoms with Gasteiger partial charge in [0.1, 0.15) is 0 Å². The van der Waals surface area contributed by atoms with Gasteiger partial charge in [-0.3, -0.25) is 0 Å². The zero-order valence-electron chi connectivity index (χ0n) is 11.0. The Balaban J connectivity index is 0.00000256. The van der Waals surface area contributed by atoms with E-state index in [4.69, 9.17) is 4.74 Å². The third-order valence-electron chi connectivity index (χ3n) is 2.45. The highest BCUT2D eigenvalue weighted by Crippen LogP contribution is 2.18. The molecule has 1 rings (SSSR count). The topological polar surface area (TPSA) is 34.1 Å². The monoisotopic (exact) mass is 278 g/mol. The number of hydrogen-bond acceptors (Lipinski definition) is 4. The van der Waals surface area contributed by atoms with Crippen LogP contribution in [0.3, 0.4) is 0 Å². The van der Waals surface area contributed by atoms with Gasteiger partial charge in [-0.2, -0.15) is 0 Å². The summed E-state index contributed by atoms with van der Waals surface area (Å²) in [5, 5.41) is 6.82. The lowest BCUT2D eigenvalue weighted by molar-refractivity contribution is 0.184. The summed E-state index contributed by atoms with van der Waals surface area (Å²) >= 11 is 1.75. The number of nitrogens with one attached hydrogen (secondary N) is 1. The lowest BCUT2D eigenvalue weighted by Crippen LogP contribution is -2.26. The minimum absolute atomic E-state index is 0. The van der Waals surface area contributed by atoms with Crippen molar-refractivity contribution in [2.75, 3.05) is 13.7 Å². The second kappa shape index (κ2) is 8.86. The van der Waals surface area contributed by atoms with E-state index < -0.39 is 0 Å². The quantitative estimate of drug-likeness (QED) is 0.832. The normalized spacial score (nSPS) is 12.5. The molecule has 0 aliphatic carbocycles. The molecule has 0 bridgehead atoms. The third kappa shape index (κ3) is 6.36. The summed E-state index contributed by atoms with van der Waals surface area (Å²) < 4.78 is 5.05. The van der Waals surface area contributed by atoms with Crippen molar-refractivity contribution >= 4 is 23.7 Å². The van der Waals surface area contributed by atoms with Crippen molar-refractivity contribution in [3.63, 3.8) is 0 Å². The molecule has 17 heavy (non-hydrogen) atoms. The summed E-state index contributed by atoms with van der Waals surface area (Å²) in [6.07, 6.45) is 1.04. The molecule has 0 fully saturated rings. The summed E-state index contributed by atoms with van der Waals surface area (Å²) in [6.45, 7) is 8.19. The van der Waals surface area contributed by atoms with Crippen LogP contribution < -0.4 is 5.32 Å². The Bertz CT molecular complexity index is 304. The molecule has 0 amide bonds. The van der Waals surface area contributed by atoms with Crippen LogP contribution in [0.25, 0.3) is 0 Å². The minimum atomic E-state index is 0. The Morgan fingerprint density at radius 1 is 1.41 bits per heavy atom. The summed E-state index contributed by atoms with van der Waals surface area (Å²) in [5.74, 6) is 0.532. The minimum Gasteiger partial charge on any atom is -0.385 e. The first-order valence-electron chi connectivity index (χ1n) is 5.80. The first kappa shape index (κ1) is 16.8. The summed E-state index contributed by atoms with van der Waals surface area (Å²) in [6, 6.07) is 0.476. The molecule has 1 aromatic rings. The molecule has 0 saturated carbocycles. The standard InChI is InChI=1S/C12H22N2OS.ClH/c1-9(2)12-14-11(8-16-12)7-13-10(3)5-6-15-4;/h8-10,13H,5-7H2,1-4H3;1H. The largest absolute Gasteiger partial charge is 0.385 e. The predicted octanol–water partition coefficient (Wildman–Crippen LogP) is 3.20. The summed E-state index contributed by atoms with van der Waals surface area (Å²) in [5.41, 5.74) is 1.15. The lowest BCUT2D eigenvalue weighted by Gasteiger charge is -2.11. The summed E-state index contributed by atoms with van der Waals surface area (Å²) in [7, 11) is 1.74. The van der Waals surface area contributed by atoms with E-state index in [9.17, 15) is 0 Å². The first-order valence-corrected chi connectivity index (χ1v) is 6.68. The van der Waals surface area contributed by atoms with E-state index in [0.717, 1.165) is 25.3 Å². The first-order chi connectivity index (χ1) is 7.63. The van der Waals surface area contributed by atoms with Gasteiger partial charge in [-0.15, -0.1) is 23.7 Å². The second-order valence-corrected chi connectivity index (χ2v) is 5.28. The average molecular weight is 279 g/mol. The molecule has 0 spiro atoms. The van der Waals surface area contributed by atoms with E-state index in [2.05, 4.69) is 36.5 Å². The van der Waals surface area contributed by atoms with Gasteiger partial charge in [0.25, 0.3) is 0 Å². The molecule has 1 N–H and O–H groups in total. The molecule has 3 nitrogen and oxygen atoms in total. The Kier molecular flexibility index (Phi) is 8.78. The zero-order valence-corrected chi connectivity index (χ0v) is 12.7. The highest BCUT2D eigenvalue weighted by molar-refractivity contribution is 7.09. The van der Waals surface area contributed by atoms with Gasteiger partial charge in [0.05, 0.1) is 10.7 Å². The molecule has 1 aromatic heterocycles. The molecule has 0 aliphatic heterocycles. The number of hydrogen-bond donors (Lipinski definition) is 1. The Labute approximate surface area is 114 Å². The second-order valence-electron chi connectivity index (χ2n) is 4.40. The van der Waals surface area contributed by atoms with E-state index in [1.54, 1.807) is 18.4 Å². The maximum Gasteiger partial charge on any atom is 0.0954 e. The highest BCUT2D eigenvalue weighted by Gasteiger charge is 2.06. The van der Waals surface area contributed by atoms with Crippen molar-refractivity contribution in [1.29, 1.82) is 0 Å². The molecule has 0 aromatic carbocycles. The smallest absolute Gasteiger partial charge is 0.0954 e. The van der Waals surface area contributed by atoms with Gasteiger partial charge >= 0.3 is 0 Å². The number of rotatable bonds is 7. The molecular weight excluding hydrogens is 256 g/mol. The van der Waals surface area contributed by atoms with Gasteiger partial charge in [-0.1, -0.05) is 13.8 Å².